The first kappa shape index (κ1) is 15.7. The summed E-state index contributed by atoms with van der Waals surface area (Å²) < 4.78 is 43.7. The number of phenols is 2. The first-order valence-corrected chi connectivity index (χ1v) is 6.12. The molecule has 0 saturated heterocycles. The number of hydrogen-bond acceptors (Lipinski definition) is 4. The SMILES string of the molecule is Cc1cc(C(=O)COc2cc(F)c(F)c(F)c2)c(O)cc1O. The van der Waals surface area contributed by atoms with Gasteiger partial charge in [-0.2, -0.15) is 0 Å². The van der Waals surface area contributed by atoms with Crippen LogP contribution in [0.2, 0.25) is 0 Å². The lowest BCUT2D eigenvalue weighted by Gasteiger charge is -2.09. The van der Waals surface area contributed by atoms with Gasteiger partial charge in [0.15, 0.2) is 24.1 Å². The lowest BCUT2D eigenvalue weighted by Crippen LogP contribution is -2.12. The summed E-state index contributed by atoms with van der Waals surface area (Å²) >= 11 is 0. The number of aryl methyl sites for hydroxylation is 1. The monoisotopic (exact) mass is 312 g/mol. The Bertz CT molecular complexity index is 721. The molecule has 0 aliphatic rings. The number of halogens is 3. The van der Waals surface area contributed by atoms with Crippen molar-refractivity contribution in [1.29, 1.82) is 0 Å². The zero-order valence-corrected chi connectivity index (χ0v) is 11.4. The van der Waals surface area contributed by atoms with Gasteiger partial charge in [-0.3, -0.25) is 4.79 Å². The molecule has 0 atom stereocenters. The van der Waals surface area contributed by atoms with E-state index in [1.807, 2.05) is 0 Å². The number of aromatic hydroxyl groups is 2. The number of benzene rings is 2. The van der Waals surface area contributed by atoms with Crippen molar-refractivity contribution < 1.29 is 32.9 Å². The minimum absolute atomic E-state index is 0.113. The smallest absolute Gasteiger partial charge is 0.203 e. The van der Waals surface area contributed by atoms with Crippen molar-refractivity contribution in [2.75, 3.05) is 6.61 Å². The number of phenolic OH excluding ortho intramolecular Hbond substituents is 2. The Kier molecular flexibility index (Phi) is 4.25. The normalized spacial score (nSPS) is 10.5. The molecule has 0 aliphatic carbocycles. The number of carbonyl (C=O) groups is 1. The van der Waals surface area contributed by atoms with Gasteiger partial charge in [0.05, 0.1) is 5.56 Å². The zero-order chi connectivity index (χ0) is 16.4. The van der Waals surface area contributed by atoms with Crippen molar-refractivity contribution in [3.05, 3.63) is 52.8 Å². The highest BCUT2D eigenvalue weighted by atomic mass is 19.2. The fourth-order valence-electron chi connectivity index (χ4n) is 1.75. The topological polar surface area (TPSA) is 66.8 Å². The van der Waals surface area contributed by atoms with Gasteiger partial charge in [-0.1, -0.05) is 0 Å². The fraction of sp³-hybridized carbons (Fsp3) is 0.133. The van der Waals surface area contributed by atoms with Gasteiger partial charge in [0.2, 0.25) is 5.78 Å². The molecule has 2 aromatic rings. The summed E-state index contributed by atoms with van der Waals surface area (Å²) in [6, 6.07) is 3.46. The van der Waals surface area contributed by atoms with Crippen LogP contribution in [0.15, 0.2) is 24.3 Å². The Hall–Kier alpha value is -2.70. The van der Waals surface area contributed by atoms with Gasteiger partial charge in [0, 0.05) is 18.2 Å². The summed E-state index contributed by atoms with van der Waals surface area (Å²) in [5, 5.41) is 19.0. The molecule has 0 amide bonds. The van der Waals surface area contributed by atoms with Crippen molar-refractivity contribution >= 4 is 5.78 Å². The average Bonchev–Trinajstić information content (AvgIpc) is 2.45. The van der Waals surface area contributed by atoms with Crippen molar-refractivity contribution in [3.63, 3.8) is 0 Å². The minimum Gasteiger partial charge on any atom is -0.508 e. The van der Waals surface area contributed by atoms with Gasteiger partial charge in [0.1, 0.15) is 17.2 Å². The molecule has 0 heterocycles. The van der Waals surface area contributed by atoms with Gasteiger partial charge in [0.25, 0.3) is 0 Å². The molecule has 0 fully saturated rings. The zero-order valence-electron chi connectivity index (χ0n) is 11.4. The molecule has 22 heavy (non-hydrogen) atoms. The molecule has 0 aromatic heterocycles. The molecule has 2 aromatic carbocycles. The highest BCUT2D eigenvalue weighted by Gasteiger charge is 2.16. The Labute approximate surface area is 123 Å². The van der Waals surface area contributed by atoms with E-state index in [1.165, 1.54) is 13.0 Å². The first-order chi connectivity index (χ1) is 10.3. The molecule has 0 spiro atoms. The van der Waals surface area contributed by atoms with E-state index < -0.39 is 35.6 Å². The van der Waals surface area contributed by atoms with E-state index in [-0.39, 0.29) is 17.1 Å². The number of Topliss-reactive ketones (excluding diaryl/α,β-unsaturated/α-hetero) is 1. The van der Waals surface area contributed by atoms with Crippen molar-refractivity contribution in [2.24, 2.45) is 0 Å². The van der Waals surface area contributed by atoms with Crippen LogP contribution in [-0.4, -0.2) is 22.6 Å². The van der Waals surface area contributed by atoms with E-state index in [2.05, 4.69) is 0 Å². The highest BCUT2D eigenvalue weighted by molar-refractivity contribution is 6.00. The van der Waals surface area contributed by atoms with Gasteiger partial charge in [-0.25, -0.2) is 13.2 Å². The van der Waals surface area contributed by atoms with Crippen LogP contribution in [0.3, 0.4) is 0 Å². The van der Waals surface area contributed by atoms with Gasteiger partial charge in [-0.15, -0.1) is 0 Å². The maximum Gasteiger partial charge on any atom is 0.203 e. The predicted octanol–water partition coefficient (Wildman–Crippen LogP) is 3.09. The highest BCUT2D eigenvalue weighted by Crippen LogP contribution is 2.27. The summed E-state index contributed by atoms with van der Waals surface area (Å²) in [6.45, 7) is 0.902. The molecule has 0 unspecified atom stereocenters. The number of hydrogen-bond donors (Lipinski definition) is 2. The predicted molar refractivity (Wildman–Crippen MR) is 70.7 cm³/mol. The Balaban J connectivity index is 2.15. The molecule has 0 saturated carbocycles. The molecule has 4 nitrogen and oxygen atoms in total. The van der Waals surface area contributed by atoms with Crippen LogP contribution in [0.5, 0.6) is 17.2 Å². The minimum atomic E-state index is -1.63. The van der Waals surface area contributed by atoms with Crippen LogP contribution >= 0.6 is 0 Å². The molecule has 2 rings (SSSR count). The summed E-state index contributed by atoms with van der Waals surface area (Å²) in [5.74, 6) is -6.18. The third-order valence-corrected chi connectivity index (χ3v) is 2.94. The lowest BCUT2D eigenvalue weighted by atomic mass is 10.1. The summed E-state index contributed by atoms with van der Waals surface area (Å²) in [7, 11) is 0. The molecule has 2 N–H and O–H groups in total. The number of carbonyl (C=O) groups excluding carboxylic acids is 1. The van der Waals surface area contributed by atoms with Gasteiger partial charge >= 0.3 is 0 Å². The fourth-order valence-corrected chi connectivity index (χ4v) is 1.75. The first-order valence-electron chi connectivity index (χ1n) is 6.12. The molecule has 0 radical (unpaired) electrons. The van der Waals surface area contributed by atoms with Crippen LogP contribution in [0.4, 0.5) is 13.2 Å². The second kappa shape index (κ2) is 5.97. The van der Waals surface area contributed by atoms with E-state index in [1.54, 1.807) is 0 Å². The maximum absolute atomic E-state index is 13.0. The summed E-state index contributed by atoms with van der Waals surface area (Å²) in [4.78, 5) is 11.9. The van der Waals surface area contributed by atoms with Crippen LogP contribution in [0.25, 0.3) is 0 Å². The lowest BCUT2D eigenvalue weighted by molar-refractivity contribution is 0.0918. The standard InChI is InChI=1S/C15H11F3O4/c1-7-2-9(13(20)5-12(7)19)14(21)6-22-8-3-10(16)15(18)11(17)4-8/h2-5,19-20H,6H2,1H3. The Morgan fingerprint density at radius 2 is 1.64 bits per heavy atom. The Morgan fingerprint density at radius 1 is 1.05 bits per heavy atom. The largest absolute Gasteiger partial charge is 0.508 e. The number of rotatable bonds is 4. The second-order valence-electron chi connectivity index (χ2n) is 4.57. The summed E-state index contributed by atoms with van der Waals surface area (Å²) in [5.41, 5.74) is 0.248. The van der Waals surface area contributed by atoms with Crippen LogP contribution < -0.4 is 4.74 Å². The van der Waals surface area contributed by atoms with Crippen molar-refractivity contribution in [1.82, 2.24) is 0 Å². The van der Waals surface area contributed by atoms with Crippen molar-refractivity contribution in [2.45, 2.75) is 6.92 Å². The summed E-state index contributed by atoms with van der Waals surface area (Å²) in [6.07, 6.45) is 0. The Morgan fingerprint density at radius 3 is 2.23 bits per heavy atom. The second-order valence-corrected chi connectivity index (χ2v) is 4.57. The van der Waals surface area contributed by atoms with Crippen LogP contribution in [0, 0.1) is 24.4 Å². The van der Waals surface area contributed by atoms with E-state index in [4.69, 9.17) is 4.74 Å². The van der Waals surface area contributed by atoms with Crippen LogP contribution in [0.1, 0.15) is 15.9 Å². The molecule has 7 heteroatoms. The van der Waals surface area contributed by atoms with Crippen molar-refractivity contribution in [3.8, 4) is 17.2 Å². The van der Waals surface area contributed by atoms with Gasteiger partial charge < -0.3 is 14.9 Å². The maximum atomic E-state index is 13.0. The van der Waals surface area contributed by atoms with E-state index in [9.17, 15) is 28.2 Å². The van der Waals surface area contributed by atoms with Gasteiger partial charge in [-0.05, 0) is 18.6 Å². The quantitative estimate of drug-likeness (QED) is 0.672. The number of ketones is 1. The third-order valence-electron chi connectivity index (χ3n) is 2.94. The van der Waals surface area contributed by atoms with E-state index in [0.717, 1.165) is 6.07 Å². The van der Waals surface area contributed by atoms with Crippen LogP contribution in [-0.2, 0) is 0 Å². The number of ether oxygens (including phenoxy) is 1. The third kappa shape index (κ3) is 3.13. The molecule has 0 bridgehead atoms. The molecule has 0 aliphatic heterocycles. The van der Waals surface area contributed by atoms with E-state index in [0.29, 0.717) is 17.7 Å². The molecule has 116 valence electrons. The molecular formula is C15H11F3O4. The average molecular weight is 312 g/mol. The molecular weight excluding hydrogens is 301 g/mol. The van der Waals surface area contributed by atoms with E-state index >= 15 is 0 Å².